The largest absolute Gasteiger partial charge is 0.508 e. The smallest absolute Gasteiger partial charge is 0.410 e. The fraction of sp³-hybridized carbons (Fsp3) is 0.234. The number of likely N-dealkylation sites (tertiary alicyclic amines) is 2. The first kappa shape index (κ1) is 115. The van der Waals surface area contributed by atoms with E-state index in [2.05, 4.69) is 5.32 Å². The number of phenols is 1. The van der Waals surface area contributed by atoms with Crippen LogP contribution in [0.5, 0.6) is 132 Å². The summed E-state index contributed by atoms with van der Waals surface area (Å²) in [5.41, 5.74) is 5.13. The Balaban J connectivity index is 0.000000239. The molecule has 2 atom stereocenters. The standard InChI is InChI=1S/C30H36N2O6.C20H17NO6.C20H19NO4.C13H10FNO4.C10H17NO3.C7H8O2.C6H3F2NO2.CH3.Pd/c1-30(2,3)38-29(33)32-18-6-7-21(32)20-31-27-17-16-26(36-24-12-8-22(34-4)9-13-24)19-28(27)37-25-14-10-23(35-5)11-15-25;1-24-14-3-7-16(8-4-14)26-18-11-12-19(21(22)23)20(13-18)27-17-9-5-15(25-2)6-10-17;1-22-14-3-7-16(8-4-14)24-18-11-12-19(21)20(13-18)25-17-9-5-15(23-2)6-10-17;1-18-10-3-5-11(6-4-10)19-13-8-9(14)2-7-12(13)15(16)17;1-10(2,3)14-9(13)11-6-4-5-8(11)7-12;1-9-7-4-2-6(8)3-5-7;7-4-1-2-6(9(10)11)5(8)3-4;;/h8-17,19,21,31H,6-7,18,20H2,1-5H3;3-13H,1-2H3;3-13H,21H2,1-2H3;2-8H,1H3;7-8H,4-6H2,1-3H3;2-5,8H,1H3;1-3H;1H3;/q;;;;;;;-1;/t21-;;;;8-;;;;/m0...0..../s1. The van der Waals surface area contributed by atoms with Crippen LogP contribution in [0.25, 0.3) is 0 Å². The fourth-order valence-electron chi connectivity index (χ4n) is 12.9. The number of methoxy groups -OCH3 is 8. The van der Waals surface area contributed by atoms with Gasteiger partial charge in [-0.05, 0) is 304 Å². The van der Waals surface area contributed by atoms with E-state index in [1.807, 2.05) is 162 Å². The first-order chi connectivity index (χ1) is 68.5. The Hall–Kier alpha value is -16.9. The van der Waals surface area contributed by atoms with Crippen LogP contribution in [-0.2, 0) is 34.7 Å². The second kappa shape index (κ2) is 57.1. The van der Waals surface area contributed by atoms with Crippen molar-refractivity contribution < 1.29 is 148 Å². The second-order valence-corrected chi connectivity index (χ2v) is 32.5. The summed E-state index contributed by atoms with van der Waals surface area (Å²) >= 11 is 0. The molecule has 34 nitrogen and oxygen atoms in total. The molecule has 0 aromatic heterocycles. The third-order valence-electron chi connectivity index (χ3n) is 20.0. The third kappa shape index (κ3) is 37.9. The van der Waals surface area contributed by atoms with Crippen molar-refractivity contribution in [2.75, 3.05) is 87.6 Å². The molecular weight excluding hydrogens is 1980 g/mol. The second-order valence-electron chi connectivity index (χ2n) is 32.5. The number of nitro groups is 3. The molecule has 2 saturated heterocycles. The summed E-state index contributed by atoms with van der Waals surface area (Å²) < 4.78 is 130. The van der Waals surface area contributed by atoms with Gasteiger partial charge in [-0.2, -0.15) is 4.39 Å². The van der Waals surface area contributed by atoms with Crippen LogP contribution in [-0.4, -0.2) is 148 Å². The third-order valence-corrected chi connectivity index (χ3v) is 20.0. The molecule has 13 aromatic rings. The van der Waals surface area contributed by atoms with Gasteiger partial charge in [0.1, 0.15) is 138 Å². The summed E-state index contributed by atoms with van der Waals surface area (Å²) in [6.07, 6.45) is 3.63. The zero-order valence-corrected chi connectivity index (χ0v) is 83.7. The minimum Gasteiger partial charge on any atom is -0.508 e. The first-order valence-electron chi connectivity index (χ1n) is 44.1. The van der Waals surface area contributed by atoms with Crippen molar-refractivity contribution in [3.63, 3.8) is 0 Å². The maximum absolute atomic E-state index is 13.1. The van der Waals surface area contributed by atoms with Gasteiger partial charge in [-0.3, -0.25) is 35.2 Å². The van der Waals surface area contributed by atoms with Crippen LogP contribution >= 0.6 is 0 Å². The number of rotatable bonds is 29. The van der Waals surface area contributed by atoms with Crippen LogP contribution < -0.4 is 82.1 Å². The number of nitrogens with one attached hydrogen (secondary N) is 1. The van der Waals surface area contributed by atoms with Crippen molar-refractivity contribution in [1.29, 1.82) is 0 Å². The van der Waals surface area contributed by atoms with Crippen molar-refractivity contribution in [2.45, 2.75) is 90.5 Å². The van der Waals surface area contributed by atoms with E-state index in [0.29, 0.717) is 118 Å². The molecule has 0 aliphatic carbocycles. The summed E-state index contributed by atoms with van der Waals surface area (Å²) in [5.74, 6) is 10.2. The Morgan fingerprint density at radius 3 is 1.01 bits per heavy atom. The molecule has 38 heteroatoms. The topological polar surface area (TPSA) is 402 Å². The molecule has 145 heavy (non-hydrogen) atoms. The van der Waals surface area contributed by atoms with Crippen LogP contribution in [0.4, 0.5) is 51.2 Å². The quantitative estimate of drug-likeness (QED) is 0.00978. The van der Waals surface area contributed by atoms with E-state index in [0.717, 1.165) is 96.7 Å². The van der Waals surface area contributed by atoms with Crippen molar-refractivity contribution >= 4 is 46.9 Å². The van der Waals surface area contributed by atoms with Crippen molar-refractivity contribution in [3.05, 3.63) is 340 Å². The van der Waals surface area contributed by atoms with E-state index < -0.39 is 49.1 Å². The average Bonchev–Trinajstić information content (AvgIpc) is 1.55. The molecule has 4 N–H and O–H groups in total. The van der Waals surface area contributed by atoms with E-state index in [1.165, 1.54) is 30.2 Å². The number of carbonyl (C=O) groups excluding carboxylic acids is 3. The molecule has 770 valence electrons. The van der Waals surface area contributed by atoms with Gasteiger partial charge in [0.25, 0.3) is 0 Å². The predicted molar refractivity (Wildman–Crippen MR) is 535 cm³/mol. The van der Waals surface area contributed by atoms with Crippen LogP contribution in [0, 0.1) is 55.2 Å². The molecule has 0 unspecified atom stereocenters. The molecular formula is C107H113F3N7O27Pd-. The minimum absolute atomic E-state index is 0. The number of aromatic hydroxyl groups is 1. The van der Waals surface area contributed by atoms with Crippen molar-refractivity contribution in [3.8, 4) is 132 Å². The summed E-state index contributed by atoms with van der Waals surface area (Å²) in [7, 11) is 12.7. The monoisotopic (exact) mass is 2090 g/mol. The molecule has 0 radical (unpaired) electrons. The molecule has 2 aliphatic rings. The van der Waals surface area contributed by atoms with E-state index >= 15 is 0 Å². The van der Waals surface area contributed by atoms with Gasteiger partial charge in [-0.25, -0.2) is 18.4 Å². The predicted octanol–water partition coefficient (Wildman–Crippen LogP) is 26.0. The normalized spacial score (nSPS) is 12.3. The molecule has 0 spiro atoms. The molecule has 2 amide bonds. The fourth-order valence-corrected chi connectivity index (χ4v) is 12.9. The number of nitrogen functional groups attached to an aromatic ring is 1. The number of phenolic OH excluding ortho intramolecular Hbond substituents is 1. The molecule has 15 rings (SSSR count). The SMILES string of the molecule is CC(C)(C)OC(=O)N1CCC[C@H]1C=O.COc1ccc(O)cc1.COc1ccc(Oc2cc(F)ccc2[N+](=O)[O-])cc1.COc1ccc(Oc2ccc(N)c(Oc3ccc(OC)cc3)c2)cc1.COc1ccc(Oc2ccc(NC[C@@H]3CCCN3C(=O)OC(C)(C)C)c(Oc3ccc(OC)cc3)c2)cc1.COc1ccc(Oc2ccc([N+](=O)[O-])c(Oc3ccc(OC)cc3)c2)cc1.O=[N+]([O-])c1ccc(F)cc1F.[CH3-].[Pd]. The molecule has 0 bridgehead atoms. The van der Waals surface area contributed by atoms with Gasteiger partial charge in [0.15, 0.2) is 11.5 Å². The number of nitrogens with zero attached hydrogens (tertiary/aromatic N) is 5. The zero-order chi connectivity index (χ0) is 104. The van der Waals surface area contributed by atoms with Gasteiger partial charge in [-0.1, -0.05) is 0 Å². The van der Waals surface area contributed by atoms with E-state index in [1.54, 1.807) is 165 Å². The Kier molecular flexibility index (Phi) is 45.4. The van der Waals surface area contributed by atoms with Gasteiger partial charge in [0.05, 0.1) is 95.1 Å². The molecule has 2 heterocycles. The van der Waals surface area contributed by atoms with Crippen molar-refractivity contribution in [1.82, 2.24) is 9.80 Å². The number of hydrogen-bond acceptors (Lipinski definition) is 29. The number of benzene rings is 13. The maximum atomic E-state index is 13.1. The number of amides is 2. The Labute approximate surface area is 851 Å². The molecule has 13 aromatic carbocycles. The summed E-state index contributed by atoms with van der Waals surface area (Å²) in [6, 6.07) is 76.3. The molecule has 2 fully saturated rings. The number of nitro benzene ring substituents is 3. The Morgan fingerprint density at radius 2 is 0.648 bits per heavy atom. The Morgan fingerprint density at radius 1 is 0.372 bits per heavy atom. The van der Waals surface area contributed by atoms with Crippen LogP contribution in [0.15, 0.2) is 285 Å². The summed E-state index contributed by atoms with van der Waals surface area (Å²) in [5, 5.41) is 44.4. The van der Waals surface area contributed by atoms with Crippen LogP contribution in [0.3, 0.4) is 0 Å². The number of aldehydes is 1. The number of halogens is 3. The van der Waals surface area contributed by atoms with Gasteiger partial charge in [0.2, 0.25) is 17.3 Å². The van der Waals surface area contributed by atoms with Gasteiger partial charge >= 0.3 is 29.2 Å². The first-order valence-corrected chi connectivity index (χ1v) is 44.1. The van der Waals surface area contributed by atoms with Gasteiger partial charge < -0.3 is 114 Å². The van der Waals surface area contributed by atoms with E-state index in [-0.39, 0.29) is 80.7 Å². The Bertz CT molecular complexity index is 6280. The molecule has 0 saturated carbocycles. The van der Waals surface area contributed by atoms with Gasteiger partial charge in [0, 0.05) is 88.6 Å². The average molecular weight is 2090 g/mol. The summed E-state index contributed by atoms with van der Waals surface area (Å²) in [4.78, 5) is 68.3. The number of nitrogens with two attached hydrogens (primary N) is 1. The minimum atomic E-state index is -1.16. The number of anilines is 2. The van der Waals surface area contributed by atoms with E-state index in [4.69, 9.17) is 91.4 Å². The van der Waals surface area contributed by atoms with Crippen LogP contribution in [0.1, 0.15) is 67.2 Å². The zero-order valence-electron chi connectivity index (χ0n) is 82.1. The summed E-state index contributed by atoms with van der Waals surface area (Å²) in [6.45, 7) is 13.0. The van der Waals surface area contributed by atoms with Gasteiger partial charge in [-0.15, -0.1) is 0 Å². The number of carbonyl (C=O) groups is 3. The van der Waals surface area contributed by atoms with Crippen LogP contribution in [0.2, 0.25) is 0 Å². The maximum Gasteiger partial charge on any atom is 0.410 e. The molecule has 2 aliphatic heterocycles. The number of hydrogen-bond donors (Lipinski definition) is 3. The number of ether oxygens (including phenoxy) is 17. The van der Waals surface area contributed by atoms with E-state index in [9.17, 15) is 57.9 Å². The van der Waals surface area contributed by atoms with Crippen molar-refractivity contribution in [2.24, 2.45) is 0 Å².